The predicted molar refractivity (Wildman–Crippen MR) is 75.2 cm³/mol. The second-order valence-electron chi connectivity index (χ2n) is 4.82. The number of fused-ring (bicyclic) bond motifs is 1. The second-order valence-corrected chi connectivity index (χ2v) is 4.82. The van der Waals surface area contributed by atoms with Gasteiger partial charge in [-0.2, -0.15) is 8.78 Å². The summed E-state index contributed by atoms with van der Waals surface area (Å²) >= 11 is 0. The van der Waals surface area contributed by atoms with Gasteiger partial charge in [-0.3, -0.25) is 0 Å². The Hall–Kier alpha value is -2.21. The Morgan fingerprint density at radius 1 is 1.19 bits per heavy atom. The van der Waals surface area contributed by atoms with Crippen molar-refractivity contribution in [2.75, 3.05) is 5.32 Å². The molecule has 0 saturated carbocycles. The van der Waals surface area contributed by atoms with Gasteiger partial charge in [0.25, 0.3) is 0 Å². The van der Waals surface area contributed by atoms with Crippen LogP contribution < -0.4 is 15.4 Å². The van der Waals surface area contributed by atoms with Gasteiger partial charge < -0.3 is 15.4 Å². The van der Waals surface area contributed by atoms with Crippen molar-refractivity contribution < 1.29 is 13.5 Å². The second kappa shape index (κ2) is 6.05. The van der Waals surface area contributed by atoms with E-state index in [4.69, 9.17) is 0 Å². The summed E-state index contributed by atoms with van der Waals surface area (Å²) in [7, 11) is 0. The molecule has 0 spiro atoms. The Morgan fingerprint density at radius 2 is 2.05 bits per heavy atom. The van der Waals surface area contributed by atoms with Crippen LogP contribution in [0.2, 0.25) is 0 Å². The first-order valence-corrected chi connectivity index (χ1v) is 6.67. The fraction of sp³-hybridized carbons (Fsp3) is 0.267. The average molecular weight is 291 g/mol. The maximum Gasteiger partial charge on any atom is 0.387 e. The van der Waals surface area contributed by atoms with Crippen LogP contribution in [-0.4, -0.2) is 11.6 Å². The summed E-state index contributed by atoms with van der Waals surface area (Å²) in [5.74, 6) is 0.675. The van der Waals surface area contributed by atoms with Crippen LogP contribution in [0.25, 0.3) is 0 Å². The number of nitrogens with one attached hydrogen (secondary N) is 2. The largest absolute Gasteiger partial charge is 0.433 e. The van der Waals surface area contributed by atoms with E-state index >= 15 is 0 Å². The van der Waals surface area contributed by atoms with Crippen molar-refractivity contribution in [2.45, 2.75) is 26.2 Å². The maximum atomic E-state index is 12.0. The molecule has 6 heteroatoms. The number of benzene rings is 1. The summed E-state index contributed by atoms with van der Waals surface area (Å²) < 4.78 is 28.3. The van der Waals surface area contributed by atoms with E-state index in [-0.39, 0.29) is 5.75 Å². The molecule has 0 bridgehead atoms. The highest BCUT2D eigenvalue weighted by molar-refractivity contribution is 5.40. The third-order valence-corrected chi connectivity index (χ3v) is 3.34. The molecule has 1 aromatic carbocycles. The lowest BCUT2D eigenvalue weighted by Gasteiger charge is -2.08. The quantitative estimate of drug-likeness (QED) is 0.889. The molecule has 1 aromatic heterocycles. The Bertz CT molecular complexity index is 617. The lowest BCUT2D eigenvalue weighted by molar-refractivity contribution is -0.0500. The van der Waals surface area contributed by atoms with Gasteiger partial charge in [0.15, 0.2) is 0 Å². The molecule has 0 aliphatic carbocycles. The van der Waals surface area contributed by atoms with Crippen LogP contribution in [0, 0.1) is 0 Å². The van der Waals surface area contributed by atoms with E-state index in [1.165, 1.54) is 23.4 Å². The molecule has 2 heterocycles. The average Bonchev–Trinajstić information content (AvgIpc) is 2.93. The first kappa shape index (κ1) is 13.8. The Labute approximate surface area is 121 Å². The van der Waals surface area contributed by atoms with Crippen LogP contribution in [-0.2, 0) is 19.6 Å². The van der Waals surface area contributed by atoms with Crippen LogP contribution in [0.3, 0.4) is 0 Å². The van der Waals surface area contributed by atoms with Gasteiger partial charge in [0.1, 0.15) is 11.6 Å². The van der Waals surface area contributed by atoms with Crippen molar-refractivity contribution in [3.05, 3.63) is 53.2 Å². The Kier molecular flexibility index (Phi) is 3.96. The zero-order valence-electron chi connectivity index (χ0n) is 11.3. The highest BCUT2D eigenvalue weighted by atomic mass is 19.3. The van der Waals surface area contributed by atoms with Crippen LogP contribution in [0.5, 0.6) is 5.75 Å². The minimum absolute atomic E-state index is 0.0548. The number of anilines is 1. The lowest BCUT2D eigenvalue weighted by atomic mass is 10.1. The van der Waals surface area contributed by atoms with Gasteiger partial charge in [-0.1, -0.05) is 18.2 Å². The minimum Gasteiger partial charge on any atom is -0.433 e. The van der Waals surface area contributed by atoms with Gasteiger partial charge in [0, 0.05) is 19.6 Å². The van der Waals surface area contributed by atoms with Crippen LogP contribution in [0.15, 0.2) is 36.5 Å². The maximum absolute atomic E-state index is 12.0. The molecule has 4 nitrogen and oxygen atoms in total. The summed E-state index contributed by atoms with van der Waals surface area (Å²) in [6.07, 6.45) is 1.28. The summed E-state index contributed by atoms with van der Waals surface area (Å²) in [4.78, 5) is 4.04. The van der Waals surface area contributed by atoms with E-state index in [1.807, 2.05) is 0 Å². The monoisotopic (exact) mass is 291 g/mol. The number of alkyl halides is 2. The molecule has 21 heavy (non-hydrogen) atoms. The number of halogens is 2. The number of rotatable bonds is 5. The third kappa shape index (κ3) is 3.46. The molecule has 0 radical (unpaired) electrons. The van der Waals surface area contributed by atoms with Crippen molar-refractivity contribution in [3.8, 4) is 5.75 Å². The van der Waals surface area contributed by atoms with Crippen molar-refractivity contribution in [3.63, 3.8) is 0 Å². The van der Waals surface area contributed by atoms with Crippen LogP contribution >= 0.6 is 0 Å². The van der Waals surface area contributed by atoms with Crippen molar-refractivity contribution in [1.82, 2.24) is 10.3 Å². The van der Waals surface area contributed by atoms with Gasteiger partial charge in [-0.05, 0) is 28.8 Å². The number of ether oxygens (including phenoxy) is 1. The fourth-order valence-corrected chi connectivity index (χ4v) is 2.31. The summed E-state index contributed by atoms with van der Waals surface area (Å²) in [5, 5.41) is 6.46. The molecular weight excluding hydrogens is 276 g/mol. The van der Waals surface area contributed by atoms with E-state index in [9.17, 15) is 8.78 Å². The fourth-order valence-electron chi connectivity index (χ4n) is 2.31. The minimum atomic E-state index is -2.83. The van der Waals surface area contributed by atoms with Crippen LogP contribution in [0.1, 0.15) is 16.7 Å². The zero-order valence-corrected chi connectivity index (χ0v) is 11.3. The zero-order chi connectivity index (χ0) is 14.7. The van der Waals surface area contributed by atoms with Gasteiger partial charge in [-0.25, -0.2) is 4.98 Å². The Balaban J connectivity index is 1.59. The number of nitrogens with zero attached hydrogens (tertiary/aromatic N) is 1. The van der Waals surface area contributed by atoms with Crippen molar-refractivity contribution >= 4 is 5.82 Å². The molecular formula is C15H15F2N3O. The first-order chi connectivity index (χ1) is 10.2. The molecule has 0 unspecified atom stereocenters. The molecule has 0 atom stereocenters. The van der Waals surface area contributed by atoms with Gasteiger partial charge in [0.2, 0.25) is 0 Å². The van der Waals surface area contributed by atoms with Gasteiger partial charge >= 0.3 is 6.61 Å². The number of pyridine rings is 1. The summed E-state index contributed by atoms with van der Waals surface area (Å²) in [5.41, 5.74) is 3.82. The highest BCUT2D eigenvalue weighted by Crippen LogP contribution is 2.18. The van der Waals surface area contributed by atoms with Crippen LogP contribution in [0.4, 0.5) is 14.6 Å². The van der Waals surface area contributed by atoms with E-state index in [0.29, 0.717) is 12.4 Å². The molecule has 1 aliphatic heterocycles. The van der Waals surface area contributed by atoms with Crippen molar-refractivity contribution in [1.29, 1.82) is 0 Å². The highest BCUT2D eigenvalue weighted by Gasteiger charge is 2.10. The standard InChI is InChI=1S/C15H15F2N3O/c16-15(17)21-13-3-4-14(20-9-13)19-6-10-1-2-11-7-18-8-12(11)5-10/h1-5,9,15,18H,6-8H2,(H,19,20). The topological polar surface area (TPSA) is 46.2 Å². The lowest BCUT2D eigenvalue weighted by Crippen LogP contribution is -2.04. The number of hydrogen-bond acceptors (Lipinski definition) is 4. The summed E-state index contributed by atoms with van der Waals surface area (Å²) in [6.45, 7) is -0.363. The van der Waals surface area contributed by atoms with Crippen molar-refractivity contribution in [2.24, 2.45) is 0 Å². The van der Waals surface area contributed by atoms with E-state index < -0.39 is 6.61 Å². The smallest absolute Gasteiger partial charge is 0.387 e. The first-order valence-electron chi connectivity index (χ1n) is 6.67. The van der Waals surface area contributed by atoms with E-state index in [1.54, 1.807) is 6.07 Å². The van der Waals surface area contributed by atoms with Gasteiger partial charge in [-0.15, -0.1) is 0 Å². The van der Waals surface area contributed by atoms with Gasteiger partial charge in [0.05, 0.1) is 6.20 Å². The molecule has 110 valence electrons. The van der Waals surface area contributed by atoms with E-state index in [2.05, 4.69) is 38.6 Å². The Morgan fingerprint density at radius 3 is 2.81 bits per heavy atom. The molecule has 1 aliphatic rings. The predicted octanol–water partition coefficient (Wildman–Crippen LogP) is 2.90. The normalized spacial score (nSPS) is 13.3. The number of hydrogen-bond donors (Lipinski definition) is 2. The molecule has 2 N–H and O–H groups in total. The SMILES string of the molecule is FC(F)Oc1ccc(NCc2ccc3c(c2)CNC3)nc1. The molecule has 3 rings (SSSR count). The molecule has 2 aromatic rings. The van der Waals surface area contributed by atoms with E-state index in [0.717, 1.165) is 18.7 Å². The molecule has 0 amide bonds. The number of aromatic nitrogens is 1. The summed E-state index contributed by atoms with van der Waals surface area (Å²) in [6, 6.07) is 9.45. The third-order valence-electron chi connectivity index (χ3n) is 3.34. The molecule has 0 saturated heterocycles. The molecule has 0 fully saturated rings.